The van der Waals surface area contributed by atoms with Crippen LogP contribution in [0.25, 0.3) is 0 Å². The first-order valence-corrected chi connectivity index (χ1v) is 6.53. The van der Waals surface area contributed by atoms with Crippen LogP contribution >= 0.6 is 0 Å². The van der Waals surface area contributed by atoms with E-state index in [1.807, 2.05) is 6.07 Å². The van der Waals surface area contributed by atoms with Gasteiger partial charge in [-0.1, -0.05) is 18.2 Å². The molecule has 0 fully saturated rings. The standard InChI is InChI=1S/C14H17F2NO3/c15-13(16)9-20-8-6-14(19)17-7-5-12(18)10-3-1-2-4-11(10)17/h1-4,12-13,18H,5-9H2. The predicted molar refractivity (Wildman–Crippen MR) is 69.8 cm³/mol. The van der Waals surface area contributed by atoms with E-state index in [-0.39, 0.29) is 18.9 Å². The number of halogens is 2. The van der Waals surface area contributed by atoms with Gasteiger partial charge in [-0.3, -0.25) is 4.79 Å². The average molecular weight is 285 g/mol. The number of benzene rings is 1. The number of nitrogens with zero attached hydrogens (tertiary/aromatic N) is 1. The average Bonchev–Trinajstić information content (AvgIpc) is 2.44. The molecule has 1 aromatic rings. The van der Waals surface area contributed by atoms with Crippen LogP contribution in [-0.4, -0.2) is 37.2 Å². The molecule has 20 heavy (non-hydrogen) atoms. The van der Waals surface area contributed by atoms with E-state index in [0.29, 0.717) is 18.7 Å². The van der Waals surface area contributed by atoms with Gasteiger partial charge in [0.05, 0.1) is 19.1 Å². The van der Waals surface area contributed by atoms with Crippen molar-refractivity contribution in [1.29, 1.82) is 0 Å². The fraction of sp³-hybridized carbons (Fsp3) is 0.500. The molecule has 1 heterocycles. The summed E-state index contributed by atoms with van der Waals surface area (Å²) in [5.41, 5.74) is 1.41. The lowest BCUT2D eigenvalue weighted by atomic mass is 9.98. The van der Waals surface area contributed by atoms with Crippen molar-refractivity contribution in [1.82, 2.24) is 0 Å². The number of amides is 1. The van der Waals surface area contributed by atoms with Gasteiger partial charge in [0.25, 0.3) is 6.43 Å². The zero-order valence-electron chi connectivity index (χ0n) is 11.0. The number of rotatable bonds is 5. The number of carbonyl (C=O) groups excluding carboxylic acids is 1. The van der Waals surface area contributed by atoms with Crippen LogP contribution in [0.2, 0.25) is 0 Å². The van der Waals surface area contributed by atoms with Crippen molar-refractivity contribution >= 4 is 11.6 Å². The number of carbonyl (C=O) groups is 1. The zero-order chi connectivity index (χ0) is 14.5. The first kappa shape index (κ1) is 14.9. The second-order valence-corrected chi connectivity index (χ2v) is 4.62. The molecule has 0 spiro atoms. The normalized spacial score (nSPS) is 18.2. The zero-order valence-corrected chi connectivity index (χ0v) is 11.0. The molecule has 6 heteroatoms. The summed E-state index contributed by atoms with van der Waals surface area (Å²) in [6, 6.07) is 7.16. The van der Waals surface area contributed by atoms with Crippen LogP contribution < -0.4 is 4.90 Å². The van der Waals surface area contributed by atoms with Crippen LogP contribution in [0.5, 0.6) is 0 Å². The van der Waals surface area contributed by atoms with E-state index < -0.39 is 19.1 Å². The number of para-hydroxylation sites is 1. The highest BCUT2D eigenvalue weighted by atomic mass is 19.3. The van der Waals surface area contributed by atoms with Crippen molar-refractivity contribution in [3.05, 3.63) is 29.8 Å². The smallest absolute Gasteiger partial charge is 0.261 e. The summed E-state index contributed by atoms with van der Waals surface area (Å²) < 4.78 is 28.5. The lowest BCUT2D eigenvalue weighted by molar-refractivity contribution is -0.120. The third-order valence-corrected chi connectivity index (χ3v) is 3.22. The Kier molecular flexibility index (Phi) is 5.03. The molecule has 2 rings (SSSR count). The predicted octanol–water partition coefficient (Wildman–Crippen LogP) is 2.13. The molecule has 0 saturated carbocycles. The molecule has 1 aliphatic rings. The van der Waals surface area contributed by atoms with Gasteiger partial charge in [-0.05, 0) is 12.5 Å². The highest BCUT2D eigenvalue weighted by Gasteiger charge is 2.26. The molecule has 0 bridgehead atoms. The number of alkyl halides is 2. The van der Waals surface area contributed by atoms with Crippen LogP contribution in [0, 0.1) is 0 Å². The lowest BCUT2D eigenvalue weighted by Crippen LogP contribution is -2.37. The van der Waals surface area contributed by atoms with Crippen molar-refractivity contribution < 1.29 is 23.4 Å². The van der Waals surface area contributed by atoms with E-state index in [1.165, 1.54) is 0 Å². The Bertz CT molecular complexity index is 467. The van der Waals surface area contributed by atoms with E-state index in [1.54, 1.807) is 23.1 Å². The molecule has 1 amide bonds. The molecule has 1 aliphatic heterocycles. The molecule has 0 saturated heterocycles. The van der Waals surface area contributed by atoms with Gasteiger partial charge in [-0.15, -0.1) is 0 Å². The van der Waals surface area contributed by atoms with Gasteiger partial charge in [0.15, 0.2) is 0 Å². The monoisotopic (exact) mass is 285 g/mol. The maximum Gasteiger partial charge on any atom is 0.261 e. The number of anilines is 1. The number of ether oxygens (including phenoxy) is 1. The number of hydrogen-bond donors (Lipinski definition) is 1. The minimum Gasteiger partial charge on any atom is -0.388 e. The third kappa shape index (κ3) is 3.52. The molecule has 4 nitrogen and oxygen atoms in total. The van der Waals surface area contributed by atoms with Crippen molar-refractivity contribution in [2.75, 3.05) is 24.7 Å². The quantitative estimate of drug-likeness (QED) is 0.843. The first-order valence-electron chi connectivity index (χ1n) is 6.53. The van der Waals surface area contributed by atoms with Gasteiger partial charge in [0, 0.05) is 17.8 Å². The van der Waals surface area contributed by atoms with Crippen LogP contribution in [0.15, 0.2) is 24.3 Å². The van der Waals surface area contributed by atoms with E-state index in [4.69, 9.17) is 4.74 Å². The molecule has 1 N–H and O–H groups in total. The minimum absolute atomic E-state index is 0.0234. The summed E-state index contributed by atoms with van der Waals surface area (Å²) >= 11 is 0. The molecule has 0 radical (unpaired) electrons. The van der Waals surface area contributed by atoms with Gasteiger partial charge in [-0.25, -0.2) is 8.78 Å². The molecule has 1 atom stereocenters. The first-order chi connectivity index (χ1) is 9.59. The van der Waals surface area contributed by atoms with E-state index >= 15 is 0 Å². The summed E-state index contributed by atoms with van der Waals surface area (Å²) in [7, 11) is 0. The van der Waals surface area contributed by atoms with Crippen molar-refractivity contribution in [2.45, 2.75) is 25.4 Å². The minimum atomic E-state index is -2.52. The van der Waals surface area contributed by atoms with Gasteiger partial charge in [0.2, 0.25) is 5.91 Å². The number of aliphatic hydroxyl groups is 1. The second-order valence-electron chi connectivity index (χ2n) is 4.62. The number of hydrogen-bond acceptors (Lipinski definition) is 3. The van der Waals surface area contributed by atoms with Gasteiger partial charge in [0.1, 0.15) is 6.61 Å². The van der Waals surface area contributed by atoms with Gasteiger partial charge in [-0.2, -0.15) is 0 Å². The third-order valence-electron chi connectivity index (χ3n) is 3.22. The Morgan fingerprint density at radius 2 is 2.20 bits per heavy atom. The highest BCUT2D eigenvalue weighted by molar-refractivity contribution is 5.94. The molecule has 1 unspecified atom stereocenters. The summed E-state index contributed by atoms with van der Waals surface area (Å²) in [4.78, 5) is 13.7. The van der Waals surface area contributed by atoms with Crippen LogP contribution in [0.4, 0.5) is 14.5 Å². The Hall–Kier alpha value is -1.53. The number of aliphatic hydroxyl groups excluding tert-OH is 1. The van der Waals surface area contributed by atoms with E-state index in [0.717, 1.165) is 5.56 Å². The van der Waals surface area contributed by atoms with Crippen LogP contribution in [-0.2, 0) is 9.53 Å². The summed E-state index contributed by atoms with van der Waals surface area (Å²) in [5, 5.41) is 9.89. The largest absolute Gasteiger partial charge is 0.388 e. The van der Waals surface area contributed by atoms with Crippen molar-refractivity contribution in [2.24, 2.45) is 0 Å². The lowest BCUT2D eigenvalue weighted by Gasteiger charge is -2.32. The van der Waals surface area contributed by atoms with Gasteiger partial charge < -0.3 is 14.7 Å². The summed E-state index contributed by atoms with van der Waals surface area (Å²) in [5.74, 6) is -0.182. The molecule has 0 aromatic heterocycles. The molecular weight excluding hydrogens is 268 g/mol. The summed E-state index contributed by atoms with van der Waals surface area (Å²) in [6.07, 6.45) is -2.56. The van der Waals surface area contributed by atoms with E-state index in [2.05, 4.69) is 0 Å². The summed E-state index contributed by atoms with van der Waals surface area (Å²) in [6.45, 7) is -0.251. The van der Waals surface area contributed by atoms with Crippen LogP contribution in [0.1, 0.15) is 24.5 Å². The molecule has 1 aromatic carbocycles. The molecule has 0 aliphatic carbocycles. The Balaban J connectivity index is 1.96. The Morgan fingerprint density at radius 1 is 1.45 bits per heavy atom. The fourth-order valence-corrected chi connectivity index (χ4v) is 2.27. The topological polar surface area (TPSA) is 49.8 Å². The van der Waals surface area contributed by atoms with E-state index in [9.17, 15) is 18.7 Å². The Morgan fingerprint density at radius 3 is 2.95 bits per heavy atom. The molecule has 110 valence electrons. The van der Waals surface area contributed by atoms with Crippen LogP contribution in [0.3, 0.4) is 0 Å². The maximum absolute atomic E-state index is 12.1. The Labute approximate surface area is 116 Å². The second kappa shape index (κ2) is 6.76. The van der Waals surface area contributed by atoms with Crippen molar-refractivity contribution in [3.63, 3.8) is 0 Å². The highest BCUT2D eigenvalue weighted by Crippen LogP contribution is 2.33. The number of fused-ring (bicyclic) bond motifs is 1. The SMILES string of the molecule is O=C(CCOCC(F)F)N1CCC(O)c2ccccc21. The van der Waals surface area contributed by atoms with Crippen molar-refractivity contribution in [3.8, 4) is 0 Å². The molecular formula is C14H17F2NO3. The van der Waals surface area contributed by atoms with Gasteiger partial charge >= 0.3 is 0 Å². The maximum atomic E-state index is 12.1. The fourth-order valence-electron chi connectivity index (χ4n) is 2.27.